The Kier molecular flexibility index (Phi) is 28.8. The topological polar surface area (TPSA) is 409 Å². The normalized spacial score (nSPS) is 26.3. The van der Waals surface area contributed by atoms with Gasteiger partial charge in [0.1, 0.15) is 55.9 Å². The fourth-order valence-corrected chi connectivity index (χ4v) is 13.4. The van der Waals surface area contributed by atoms with Crippen LogP contribution in [-0.4, -0.2) is 229 Å². The maximum absolute atomic E-state index is 15.1. The van der Waals surface area contributed by atoms with E-state index in [0.29, 0.717) is 0 Å². The van der Waals surface area contributed by atoms with Gasteiger partial charge >= 0.3 is 59.7 Å². The summed E-state index contributed by atoms with van der Waals surface area (Å²) in [4.78, 5) is 143. The van der Waals surface area contributed by atoms with Crippen molar-refractivity contribution in [1.82, 2.24) is 0 Å². The van der Waals surface area contributed by atoms with Crippen molar-refractivity contribution >= 4 is 59.7 Å². The van der Waals surface area contributed by atoms with E-state index in [2.05, 4.69) is 0 Å². The van der Waals surface area contributed by atoms with Crippen molar-refractivity contribution in [3.8, 4) is 0 Å². The first kappa shape index (κ1) is 85.1. The van der Waals surface area contributed by atoms with Gasteiger partial charge in [0.15, 0.2) is 80.1 Å². The molecule has 31 nitrogen and oxygen atoms in total. The second-order valence-corrected chi connectivity index (χ2v) is 27.6. The van der Waals surface area contributed by atoms with Crippen LogP contribution in [0.4, 0.5) is 0 Å². The van der Waals surface area contributed by atoms with E-state index in [9.17, 15) is 63.6 Å². The summed E-state index contributed by atoms with van der Waals surface area (Å²) >= 11 is 0. The summed E-state index contributed by atoms with van der Waals surface area (Å²) in [5.74, 6) is -10.6. The van der Waals surface area contributed by atoms with E-state index in [1.54, 1.807) is 78.9 Å². The number of esters is 10. The Morgan fingerprint density at radius 1 is 0.242 bits per heavy atom. The molecule has 0 unspecified atom stereocenters. The molecule has 9 aromatic carbocycles. The molecule has 0 aromatic heterocycles. The Bertz CT molecular complexity index is 4930. The highest BCUT2D eigenvalue weighted by Gasteiger charge is 2.60. The van der Waals surface area contributed by atoms with Crippen LogP contribution in [0.3, 0.4) is 0 Å². The summed E-state index contributed by atoms with van der Waals surface area (Å²) in [5.41, 5.74) is -0.394. The number of hydrogen-bond acceptors (Lipinski definition) is 31. The van der Waals surface area contributed by atoms with Crippen molar-refractivity contribution < 1.29 is 149 Å². The third-order valence-corrected chi connectivity index (χ3v) is 19.4. The van der Waals surface area contributed by atoms with Crippen molar-refractivity contribution in [3.05, 3.63) is 323 Å². The van der Waals surface area contributed by atoms with Crippen molar-refractivity contribution in [3.63, 3.8) is 0 Å². The summed E-state index contributed by atoms with van der Waals surface area (Å²) in [7, 11) is 0. The molecule has 0 spiro atoms. The predicted octanol–water partition coefficient (Wildman–Crippen LogP) is 7.60. The van der Waals surface area contributed by atoms with E-state index in [4.69, 9.17) is 80.5 Å². The Labute approximate surface area is 684 Å². The lowest BCUT2D eigenvalue weighted by Gasteiger charge is -2.49. The van der Waals surface area contributed by atoms with Crippen LogP contribution in [0.5, 0.6) is 0 Å². The molecule has 0 saturated carbocycles. The van der Waals surface area contributed by atoms with Crippen molar-refractivity contribution in [1.29, 1.82) is 0 Å². The summed E-state index contributed by atoms with van der Waals surface area (Å²) in [6.45, 7) is -2.81. The molecule has 4 aliphatic heterocycles. The zero-order valence-electron chi connectivity index (χ0n) is 63.7. The average molecular weight is 1650 g/mol. The quantitative estimate of drug-likeness (QED) is 0.0259. The van der Waals surface area contributed by atoms with E-state index < -0.39 is 209 Å². The van der Waals surface area contributed by atoms with Gasteiger partial charge in [0.05, 0.1) is 63.3 Å². The molecule has 622 valence electrons. The first-order chi connectivity index (χ1) is 58.2. The molecule has 20 atom stereocenters. The SMILES string of the molecule is CC(=O)O[C@@H]1[C@@H](O[C@@H]2[C@@H](OC[C@H]3O[C@H](OC[C@H]4O[C@H](O)[C@@H](OC(=O)c5ccccc5)[C@@H](OC(=O)c5ccccc5)[C@@H]4OC(=O)c4ccccc4)[C@@H](O)[C@@H](O)[C@@H]3O)O[C@H](COC(=O)c3ccccc3)[C@@H](OC(=O)c3ccccc3)[C@@H]2OC(=O)c2ccccc2)O[C@H](COC(=O)c2ccccc2)[C@@H](OC(=O)c2ccccc2)[C@@H]1OC(=O)c1ccccc1. The largest absolute Gasteiger partial charge is 0.459 e. The fraction of sp³-hybridized carbons (Fsp3) is 0.281. The lowest BCUT2D eigenvalue weighted by molar-refractivity contribution is -0.372. The first-order valence-electron chi connectivity index (χ1n) is 37.9. The van der Waals surface area contributed by atoms with Gasteiger partial charge in [0.25, 0.3) is 0 Å². The van der Waals surface area contributed by atoms with Gasteiger partial charge in [0.2, 0.25) is 0 Å². The van der Waals surface area contributed by atoms with E-state index >= 15 is 4.79 Å². The molecule has 4 heterocycles. The molecule has 4 aliphatic rings. The highest BCUT2D eigenvalue weighted by atomic mass is 16.8. The molecule has 0 amide bonds. The van der Waals surface area contributed by atoms with E-state index in [1.165, 1.54) is 194 Å². The second-order valence-electron chi connectivity index (χ2n) is 27.6. The average Bonchev–Trinajstić information content (AvgIpc) is 0.764. The van der Waals surface area contributed by atoms with Crippen LogP contribution >= 0.6 is 0 Å². The lowest BCUT2D eigenvalue weighted by Crippen LogP contribution is -2.67. The predicted molar refractivity (Wildman–Crippen MR) is 410 cm³/mol. The van der Waals surface area contributed by atoms with Gasteiger partial charge in [-0.3, -0.25) is 4.79 Å². The lowest BCUT2D eigenvalue weighted by atomic mass is 9.95. The minimum absolute atomic E-state index is 0.0121. The molecule has 13 rings (SSSR count). The highest BCUT2D eigenvalue weighted by Crippen LogP contribution is 2.39. The summed E-state index contributed by atoms with van der Waals surface area (Å²) < 4.78 is 107. The molecule has 0 bridgehead atoms. The van der Waals surface area contributed by atoms with Gasteiger partial charge in [-0.2, -0.15) is 0 Å². The smallest absolute Gasteiger partial charge is 0.338 e. The Hall–Kier alpha value is -12.8. The molecular weight excluding hydrogens is 1560 g/mol. The van der Waals surface area contributed by atoms with Crippen LogP contribution in [0.1, 0.15) is 100 Å². The monoisotopic (exact) mass is 1640 g/mol. The van der Waals surface area contributed by atoms with Gasteiger partial charge < -0.3 is 101 Å². The van der Waals surface area contributed by atoms with Crippen LogP contribution in [0, 0.1) is 0 Å². The van der Waals surface area contributed by atoms with Crippen molar-refractivity contribution in [2.45, 2.75) is 130 Å². The molecule has 9 aromatic rings. The number of carbonyl (C=O) groups is 10. The standard InChI is InChI=1S/C89H80O31/c1-51(90)108-76-73(118-84(101)59-43-25-9-26-44-59)70(115-81(98)56-37-19-6-20-38-56)64(49-105-78(95)53-31-13-3-14-32-53)112-89(76)120-75-72(117-83(100)58-41-23-8-24-42-58)69(114-80(97)55-35-17-5-18-36-55)63(48-104-77(94)52-29-11-2-12-30-52)111-88(75)107-47-61-65(91)66(92)67(93)87(110-61)106-50-62-68(113-79(96)54-33-15-4-16-34-54)71(116-82(99)57-39-21-7-22-40-57)74(86(103)109-62)119-85(102)60-45-27-10-28-46-60/h2-46,61-76,86-89,91-93,103H,47-50H2,1H3/t61-,62-,63-,64-,65-,66+,67+,68-,69-,70-,71+,72+,73+,74+,75+,76+,86+,87+,88+,89-/m1/s1. The summed E-state index contributed by atoms with van der Waals surface area (Å²) in [6, 6.07) is 67.2. The number of ether oxygens (including phenoxy) is 17. The van der Waals surface area contributed by atoms with Gasteiger partial charge in [-0.1, -0.05) is 164 Å². The van der Waals surface area contributed by atoms with Crippen LogP contribution in [0.25, 0.3) is 0 Å². The van der Waals surface area contributed by atoms with E-state index in [1.807, 2.05) is 0 Å². The molecule has 4 saturated heterocycles. The zero-order chi connectivity index (χ0) is 84.2. The molecule has 31 heteroatoms. The van der Waals surface area contributed by atoms with Crippen molar-refractivity contribution in [2.75, 3.05) is 26.4 Å². The summed E-state index contributed by atoms with van der Waals surface area (Å²) in [5, 5.41) is 47.8. The van der Waals surface area contributed by atoms with Gasteiger partial charge in [-0.05, 0) is 109 Å². The minimum atomic E-state index is -2.29. The van der Waals surface area contributed by atoms with Crippen LogP contribution < -0.4 is 0 Å². The zero-order valence-corrected chi connectivity index (χ0v) is 63.7. The number of aliphatic hydroxyl groups is 4. The van der Waals surface area contributed by atoms with E-state index in [0.717, 1.165) is 6.92 Å². The molecular formula is C89H80O31. The van der Waals surface area contributed by atoms with Crippen LogP contribution in [-0.2, 0) is 85.3 Å². The Balaban J connectivity index is 0.887. The maximum Gasteiger partial charge on any atom is 0.338 e. The van der Waals surface area contributed by atoms with E-state index in [-0.39, 0.29) is 50.1 Å². The number of rotatable bonds is 29. The molecule has 0 radical (unpaired) electrons. The fourth-order valence-electron chi connectivity index (χ4n) is 13.4. The Morgan fingerprint density at radius 3 is 0.817 bits per heavy atom. The van der Waals surface area contributed by atoms with Gasteiger partial charge in [0, 0.05) is 6.92 Å². The maximum atomic E-state index is 15.1. The number of carbonyl (C=O) groups excluding carboxylic acids is 10. The summed E-state index contributed by atoms with van der Waals surface area (Å²) in [6.07, 6.45) is -41.3. The van der Waals surface area contributed by atoms with Gasteiger partial charge in [-0.25, -0.2) is 43.2 Å². The molecule has 4 fully saturated rings. The molecule has 0 aliphatic carbocycles. The van der Waals surface area contributed by atoms with Gasteiger partial charge in [-0.15, -0.1) is 0 Å². The molecule has 120 heavy (non-hydrogen) atoms. The Morgan fingerprint density at radius 2 is 0.492 bits per heavy atom. The van der Waals surface area contributed by atoms with Crippen LogP contribution in [0.15, 0.2) is 273 Å². The minimum Gasteiger partial charge on any atom is -0.459 e. The second kappa shape index (κ2) is 40.6. The number of hydrogen-bond donors (Lipinski definition) is 4. The third kappa shape index (κ3) is 21.4. The number of aliphatic hydroxyl groups excluding tert-OH is 4. The van der Waals surface area contributed by atoms with Crippen LogP contribution in [0.2, 0.25) is 0 Å². The highest BCUT2D eigenvalue weighted by molar-refractivity contribution is 5.94. The number of benzene rings is 9. The molecule has 4 N–H and O–H groups in total. The van der Waals surface area contributed by atoms with Crippen molar-refractivity contribution in [2.24, 2.45) is 0 Å². The first-order valence-corrected chi connectivity index (χ1v) is 37.9. The third-order valence-electron chi connectivity index (χ3n) is 19.4.